The molecule has 40 heavy (non-hydrogen) atoms. The monoisotopic (exact) mass is 565 g/mol. The number of amides is 1. The molecule has 0 aromatic carbocycles. The first kappa shape index (κ1) is 34.2. The molecular weight excluding hydrogens is 514 g/mol. The number of carbonyl (C=O) groups is 2. The molecule has 9 nitrogen and oxygen atoms in total. The SMILES string of the molecule is CCC(O)C(C)C1OC1CC(C)(O)/C=C/C=C(\C)C1C(C)/C=C/C(OC(C)=O)C(C)(O)CCC(O)CC(=O)N1C. The lowest BCUT2D eigenvalue weighted by Crippen LogP contribution is -2.45. The Balaban J connectivity index is 2.25. The van der Waals surface area contributed by atoms with Gasteiger partial charge < -0.3 is 34.8 Å². The summed E-state index contributed by atoms with van der Waals surface area (Å²) in [5.41, 5.74) is -1.69. The van der Waals surface area contributed by atoms with Gasteiger partial charge in [0.25, 0.3) is 0 Å². The normalized spacial score (nSPS) is 36.2. The molecule has 228 valence electrons. The van der Waals surface area contributed by atoms with E-state index in [0.717, 1.165) is 5.57 Å². The molecule has 10 atom stereocenters. The second-order valence-corrected chi connectivity index (χ2v) is 12.3. The quantitative estimate of drug-likeness (QED) is 0.145. The minimum atomic E-state index is -1.41. The van der Waals surface area contributed by atoms with Crippen LogP contribution in [0.25, 0.3) is 0 Å². The Morgan fingerprint density at radius 1 is 1.35 bits per heavy atom. The summed E-state index contributed by atoms with van der Waals surface area (Å²) >= 11 is 0. The highest BCUT2D eigenvalue weighted by Gasteiger charge is 2.47. The largest absolute Gasteiger partial charge is 0.455 e. The Bertz CT molecular complexity index is 955. The molecule has 0 aromatic rings. The number of hydrogen-bond donors (Lipinski definition) is 4. The molecule has 4 N–H and O–H groups in total. The second kappa shape index (κ2) is 14.2. The van der Waals surface area contributed by atoms with Crippen LogP contribution in [0.2, 0.25) is 0 Å². The minimum absolute atomic E-state index is 0.00305. The Morgan fingerprint density at radius 3 is 2.60 bits per heavy atom. The maximum Gasteiger partial charge on any atom is 0.303 e. The smallest absolute Gasteiger partial charge is 0.303 e. The van der Waals surface area contributed by atoms with E-state index in [0.29, 0.717) is 12.8 Å². The van der Waals surface area contributed by atoms with Gasteiger partial charge in [-0.05, 0) is 52.0 Å². The van der Waals surface area contributed by atoms with Crippen LogP contribution in [0.1, 0.15) is 80.6 Å². The summed E-state index contributed by atoms with van der Waals surface area (Å²) in [7, 11) is 1.70. The lowest BCUT2D eigenvalue weighted by atomic mass is 9.87. The summed E-state index contributed by atoms with van der Waals surface area (Å²) in [5, 5.41) is 42.6. The molecule has 0 saturated carbocycles. The highest BCUT2D eigenvalue weighted by Crippen LogP contribution is 2.37. The summed E-state index contributed by atoms with van der Waals surface area (Å²) in [6.07, 6.45) is 7.62. The summed E-state index contributed by atoms with van der Waals surface area (Å²) in [5.74, 6) is -0.968. The molecule has 0 spiro atoms. The van der Waals surface area contributed by atoms with E-state index in [4.69, 9.17) is 9.47 Å². The van der Waals surface area contributed by atoms with E-state index in [1.165, 1.54) is 6.92 Å². The van der Waals surface area contributed by atoms with Gasteiger partial charge in [-0.15, -0.1) is 0 Å². The predicted molar refractivity (Wildman–Crippen MR) is 153 cm³/mol. The van der Waals surface area contributed by atoms with Crippen LogP contribution in [-0.2, 0) is 19.1 Å². The van der Waals surface area contributed by atoms with Crippen molar-refractivity contribution in [1.82, 2.24) is 4.90 Å². The van der Waals surface area contributed by atoms with Gasteiger partial charge in [0.15, 0.2) is 0 Å². The summed E-state index contributed by atoms with van der Waals surface area (Å²) in [4.78, 5) is 26.4. The molecule has 1 amide bonds. The molecule has 2 heterocycles. The molecule has 0 aromatic heterocycles. The van der Waals surface area contributed by atoms with Crippen molar-refractivity contribution in [2.24, 2.45) is 11.8 Å². The lowest BCUT2D eigenvalue weighted by molar-refractivity contribution is -0.156. The zero-order chi connectivity index (χ0) is 30.4. The Hall–Kier alpha value is -2.04. The number of aliphatic hydroxyl groups excluding tert-OH is 2. The van der Waals surface area contributed by atoms with E-state index in [1.54, 1.807) is 44.0 Å². The second-order valence-electron chi connectivity index (χ2n) is 12.3. The van der Waals surface area contributed by atoms with E-state index in [9.17, 15) is 30.0 Å². The van der Waals surface area contributed by atoms with Crippen LogP contribution in [0.3, 0.4) is 0 Å². The number of esters is 1. The van der Waals surface area contributed by atoms with Crippen molar-refractivity contribution in [3.63, 3.8) is 0 Å². The fourth-order valence-corrected chi connectivity index (χ4v) is 5.57. The van der Waals surface area contributed by atoms with Crippen molar-refractivity contribution in [3.05, 3.63) is 36.0 Å². The first-order chi connectivity index (χ1) is 18.5. The first-order valence-corrected chi connectivity index (χ1v) is 14.4. The number of epoxide rings is 1. The van der Waals surface area contributed by atoms with Crippen molar-refractivity contribution >= 4 is 11.9 Å². The Morgan fingerprint density at radius 2 is 2.00 bits per heavy atom. The standard InChI is InChI=1S/C31H51NO8/c1-9-24(35)21(4)29-25(40-29)18-30(6,37)15-10-11-19(2)28-20(3)12-13-26(39-22(5)33)31(7,38)16-14-23(34)17-27(36)32(28)8/h10-13,15,20-21,23-26,28-29,34-35,37-38H,9,14,16-18H2,1-8H3/b13-12+,15-10+,19-11+. The van der Waals surface area contributed by atoms with E-state index in [-0.39, 0.29) is 55.3 Å². The lowest BCUT2D eigenvalue weighted by Gasteiger charge is -2.36. The van der Waals surface area contributed by atoms with Crippen LogP contribution in [-0.4, -0.2) is 92.0 Å². The molecular formula is C31H51NO8. The van der Waals surface area contributed by atoms with Crippen LogP contribution in [0.5, 0.6) is 0 Å². The molecule has 0 radical (unpaired) electrons. The van der Waals surface area contributed by atoms with Gasteiger partial charge in [-0.2, -0.15) is 0 Å². The number of hydrogen-bond acceptors (Lipinski definition) is 8. The predicted octanol–water partition coefficient (Wildman–Crippen LogP) is 3.05. The number of carbonyl (C=O) groups excluding carboxylic acids is 2. The van der Waals surface area contributed by atoms with Gasteiger partial charge in [0, 0.05) is 26.3 Å². The van der Waals surface area contributed by atoms with Crippen molar-refractivity contribution in [2.45, 2.75) is 128 Å². The number of aliphatic hydroxyl groups is 4. The molecule has 0 aliphatic carbocycles. The van der Waals surface area contributed by atoms with Crippen LogP contribution < -0.4 is 0 Å². The van der Waals surface area contributed by atoms with Gasteiger partial charge in [-0.25, -0.2) is 0 Å². The summed E-state index contributed by atoms with van der Waals surface area (Å²) < 4.78 is 11.1. The van der Waals surface area contributed by atoms with Crippen molar-refractivity contribution in [1.29, 1.82) is 0 Å². The third-order valence-corrected chi connectivity index (χ3v) is 8.26. The van der Waals surface area contributed by atoms with E-state index in [1.807, 2.05) is 39.8 Å². The topological polar surface area (TPSA) is 140 Å². The molecule has 2 rings (SSSR count). The molecule has 2 aliphatic heterocycles. The third kappa shape index (κ3) is 9.80. The van der Waals surface area contributed by atoms with Crippen LogP contribution in [0.15, 0.2) is 36.0 Å². The highest BCUT2D eigenvalue weighted by atomic mass is 16.6. The molecule has 10 unspecified atom stereocenters. The Kier molecular flexibility index (Phi) is 12.2. The van der Waals surface area contributed by atoms with Crippen LogP contribution in [0.4, 0.5) is 0 Å². The van der Waals surface area contributed by atoms with Gasteiger partial charge in [-0.3, -0.25) is 9.59 Å². The average molecular weight is 566 g/mol. The number of nitrogens with zero attached hydrogens (tertiary/aromatic N) is 1. The number of ether oxygens (including phenoxy) is 2. The number of likely N-dealkylation sites (N-methyl/N-ethyl adjacent to an activating group) is 1. The molecule has 1 saturated heterocycles. The molecule has 9 heteroatoms. The number of allylic oxidation sites excluding steroid dienone is 2. The maximum atomic E-state index is 13.1. The molecule has 2 aliphatic rings. The zero-order valence-corrected chi connectivity index (χ0v) is 25.4. The maximum absolute atomic E-state index is 13.1. The summed E-state index contributed by atoms with van der Waals surface area (Å²) in [6.45, 7) is 12.3. The number of rotatable bonds is 9. The first-order valence-electron chi connectivity index (χ1n) is 14.4. The third-order valence-electron chi connectivity index (χ3n) is 8.26. The van der Waals surface area contributed by atoms with Crippen molar-refractivity contribution in [2.75, 3.05) is 7.05 Å². The average Bonchev–Trinajstić information content (AvgIpc) is 3.61. The highest BCUT2D eigenvalue weighted by molar-refractivity contribution is 5.77. The van der Waals surface area contributed by atoms with E-state index >= 15 is 0 Å². The fourth-order valence-electron chi connectivity index (χ4n) is 5.57. The zero-order valence-electron chi connectivity index (χ0n) is 25.4. The fraction of sp³-hybridized carbons (Fsp3) is 0.742. The van der Waals surface area contributed by atoms with Gasteiger partial charge in [0.2, 0.25) is 5.91 Å². The summed E-state index contributed by atoms with van der Waals surface area (Å²) in [6, 6.07) is -0.388. The Labute approximate surface area is 239 Å². The van der Waals surface area contributed by atoms with Crippen LogP contribution >= 0.6 is 0 Å². The van der Waals surface area contributed by atoms with Gasteiger partial charge in [0.1, 0.15) is 11.7 Å². The van der Waals surface area contributed by atoms with Gasteiger partial charge in [-0.1, -0.05) is 50.6 Å². The van der Waals surface area contributed by atoms with Crippen LogP contribution in [0, 0.1) is 11.8 Å². The van der Waals surface area contributed by atoms with E-state index in [2.05, 4.69) is 0 Å². The van der Waals surface area contributed by atoms with Gasteiger partial charge in [0.05, 0.1) is 42.5 Å². The van der Waals surface area contributed by atoms with Crippen molar-refractivity contribution < 1.29 is 39.5 Å². The molecule has 0 bridgehead atoms. The van der Waals surface area contributed by atoms with Gasteiger partial charge >= 0.3 is 5.97 Å². The van der Waals surface area contributed by atoms with Crippen molar-refractivity contribution in [3.8, 4) is 0 Å². The van der Waals surface area contributed by atoms with E-state index < -0.39 is 35.5 Å². The molecule has 1 fully saturated rings. The minimum Gasteiger partial charge on any atom is -0.455 e.